The van der Waals surface area contributed by atoms with Crippen LogP contribution in [-0.2, 0) is 11.2 Å². The average molecular weight is 424 g/mol. The molecular weight excluding hydrogens is 398 g/mol. The topological polar surface area (TPSA) is 82.7 Å². The van der Waals surface area contributed by atoms with E-state index in [-0.39, 0.29) is 5.91 Å². The largest absolute Gasteiger partial charge is 0.323 e. The molecular formula is C26H25N5O. The zero-order valence-electron chi connectivity index (χ0n) is 18.1. The van der Waals surface area contributed by atoms with Crippen molar-refractivity contribution in [3.05, 3.63) is 102 Å². The number of H-pyrrole nitrogens is 1. The third-order valence-corrected chi connectivity index (χ3v) is 4.84. The second-order valence-electron chi connectivity index (χ2n) is 7.54. The van der Waals surface area contributed by atoms with Crippen molar-refractivity contribution >= 4 is 23.2 Å². The molecule has 0 fully saturated rings. The van der Waals surface area contributed by atoms with Gasteiger partial charge in [0.2, 0.25) is 5.91 Å². The first-order valence-corrected chi connectivity index (χ1v) is 10.5. The third-order valence-electron chi connectivity index (χ3n) is 4.84. The van der Waals surface area contributed by atoms with E-state index < -0.39 is 0 Å². The molecule has 0 bridgehead atoms. The Balaban J connectivity index is 1.69. The molecule has 0 saturated carbocycles. The van der Waals surface area contributed by atoms with Gasteiger partial charge in [-0.15, -0.1) is 0 Å². The number of pyridine rings is 1. The van der Waals surface area contributed by atoms with Gasteiger partial charge in [0.15, 0.2) is 5.82 Å². The van der Waals surface area contributed by atoms with Crippen molar-refractivity contribution in [2.75, 3.05) is 10.6 Å². The van der Waals surface area contributed by atoms with Gasteiger partial charge in [-0.25, -0.2) is 4.98 Å². The number of aryl methyl sites for hydroxylation is 1. The second kappa shape index (κ2) is 9.75. The van der Waals surface area contributed by atoms with Gasteiger partial charge < -0.3 is 10.6 Å². The van der Waals surface area contributed by atoms with Crippen LogP contribution in [0.4, 0.5) is 17.3 Å². The summed E-state index contributed by atoms with van der Waals surface area (Å²) in [7, 11) is 0. The van der Waals surface area contributed by atoms with Gasteiger partial charge in [0.25, 0.3) is 0 Å². The van der Waals surface area contributed by atoms with Gasteiger partial charge in [-0.3, -0.25) is 9.89 Å². The maximum atomic E-state index is 11.9. The zero-order chi connectivity index (χ0) is 22.3. The van der Waals surface area contributed by atoms with Crippen LogP contribution in [0.1, 0.15) is 23.7 Å². The number of hydrogen-bond donors (Lipinski definition) is 3. The summed E-state index contributed by atoms with van der Waals surface area (Å²) in [5.41, 5.74) is 5.77. The Kier molecular flexibility index (Phi) is 6.41. The SMILES string of the molecule is C/C=C/C(=O)Nc1cccc(-c2cc(Cc3ccccc3)cc(Nc3cc(C)[nH]n3)n2)c1. The standard InChI is InChI=1S/C26H25N5O/c1-3-8-26(32)27-22-12-7-11-21(17-22)23-15-20(14-19-9-5-4-6-10-19)16-24(28-23)29-25-13-18(2)30-31-25/h3-13,15-17H,14H2,1-2H3,(H,27,32)(H2,28,29,30,31)/b8-3+. The quantitative estimate of drug-likeness (QED) is 0.337. The molecule has 6 nitrogen and oxygen atoms in total. The molecule has 0 aliphatic rings. The number of rotatable bonds is 7. The van der Waals surface area contributed by atoms with Crippen LogP contribution < -0.4 is 10.6 Å². The van der Waals surface area contributed by atoms with E-state index in [9.17, 15) is 4.79 Å². The van der Waals surface area contributed by atoms with Crippen molar-refractivity contribution in [1.29, 1.82) is 0 Å². The Morgan fingerprint density at radius 2 is 1.81 bits per heavy atom. The lowest BCUT2D eigenvalue weighted by Gasteiger charge is -2.11. The summed E-state index contributed by atoms with van der Waals surface area (Å²) < 4.78 is 0. The minimum atomic E-state index is -0.160. The summed E-state index contributed by atoms with van der Waals surface area (Å²) >= 11 is 0. The number of nitrogens with zero attached hydrogens (tertiary/aromatic N) is 2. The van der Waals surface area contributed by atoms with Crippen LogP contribution >= 0.6 is 0 Å². The smallest absolute Gasteiger partial charge is 0.248 e. The molecule has 4 rings (SSSR count). The first kappa shape index (κ1) is 21.1. The third kappa shape index (κ3) is 5.49. The number of hydrogen-bond acceptors (Lipinski definition) is 4. The van der Waals surface area contributed by atoms with Crippen molar-refractivity contribution in [1.82, 2.24) is 15.2 Å². The minimum Gasteiger partial charge on any atom is -0.323 e. The molecule has 32 heavy (non-hydrogen) atoms. The van der Waals surface area contributed by atoms with Gasteiger partial charge >= 0.3 is 0 Å². The minimum absolute atomic E-state index is 0.160. The predicted molar refractivity (Wildman–Crippen MR) is 129 cm³/mol. The first-order valence-electron chi connectivity index (χ1n) is 10.5. The summed E-state index contributed by atoms with van der Waals surface area (Å²) in [6.07, 6.45) is 3.99. The second-order valence-corrected chi connectivity index (χ2v) is 7.54. The molecule has 0 radical (unpaired) electrons. The number of aromatic amines is 1. The Labute approximate surface area is 187 Å². The highest BCUT2D eigenvalue weighted by Gasteiger charge is 2.09. The Morgan fingerprint density at radius 3 is 2.56 bits per heavy atom. The zero-order valence-corrected chi connectivity index (χ0v) is 18.1. The summed E-state index contributed by atoms with van der Waals surface area (Å²) in [5, 5.41) is 13.4. The van der Waals surface area contributed by atoms with Gasteiger partial charge in [-0.1, -0.05) is 48.5 Å². The molecule has 0 aliphatic heterocycles. The van der Waals surface area contributed by atoms with Gasteiger partial charge in [-0.05, 0) is 61.7 Å². The monoisotopic (exact) mass is 423 g/mol. The summed E-state index contributed by atoms with van der Waals surface area (Å²) in [6, 6.07) is 24.1. The molecule has 0 aliphatic carbocycles. The molecule has 0 saturated heterocycles. The van der Waals surface area contributed by atoms with E-state index in [1.165, 1.54) is 11.6 Å². The summed E-state index contributed by atoms with van der Waals surface area (Å²) in [6.45, 7) is 3.77. The predicted octanol–water partition coefficient (Wildman–Crippen LogP) is 5.63. The van der Waals surface area contributed by atoms with E-state index in [4.69, 9.17) is 4.98 Å². The van der Waals surface area contributed by atoms with Gasteiger partial charge in [0, 0.05) is 23.0 Å². The van der Waals surface area contributed by atoms with Crippen LogP contribution in [-0.4, -0.2) is 21.1 Å². The van der Waals surface area contributed by atoms with E-state index in [0.29, 0.717) is 11.6 Å². The number of nitrogens with one attached hydrogen (secondary N) is 3. The van der Waals surface area contributed by atoms with E-state index >= 15 is 0 Å². The van der Waals surface area contributed by atoms with Crippen LogP contribution in [0.5, 0.6) is 0 Å². The van der Waals surface area contributed by atoms with Crippen molar-refractivity contribution in [2.45, 2.75) is 20.3 Å². The molecule has 2 heterocycles. The number of benzene rings is 2. The fourth-order valence-corrected chi connectivity index (χ4v) is 3.44. The normalized spacial score (nSPS) is 10.9. The number of aromatic nitrogens is 3. The molecule has 0 spiro atoms. The van der Waals surface area contributed by atoms with E-state index in [1.807, 2.05) is 68.4 Å². The van der Waals surface area contributed by atoms with Crippen LogP contribution in [0.25, 0.3) is 11.3 Å². The van der Waals surface area contributed by atoms with Crippen LogP contribution in [0.15, 0.2) is 84.9 Å². The summed E-state index contributed by atoms with van der Waals surface area (Å²) in [5.74, 6) is 1.26. The lowest BCUT2D eigenvalue weighted by Crippen LogP contribution is -2.07. The Bertz CT molecular complexity index is 1240. The van der Waals surface area contributed by atoms with E-state index in [0.717, 1.165) is 34.6 Å². The van der Waals surface area contributed by atoms with Gasteiger partial charge in [-0.2, -0.15) is 5.10 Å². The van der Waals surface area contributed by atoms with Crippen molar-refractivity contribution in [2.24, 2.45) is 0 Å². The molecule has 160 valence electrons. The molecule has 6 heteroatoms. The fraction of sp³-hybridized carbons (Fsp3) is 0.115. The highest BCUT2D eigenvalue weighted by Crippen LogP contribution is 2.26. The van der Waals surface area contributed by atoms with Crippen molar-refractivity contribution < 1.29 is 4.79 Å². The van der Waals surface area contributed by atoms with Crippen LogP contribution in [0.3, 0.4) is 0 Å². The molecule has 4 aromatic rings. The maximum absolute atomic E-state index is 11.9. The van der Waals surface area contributed by atoms with Crippen molar-refractivity contribution in [3.63, 3.8) is 0 Å². The Morgan fingerprint density at radius 1 is 0.969 bits per heavy atom. The van der Waals surface area contributed by atoms with E-state index in [2.05, 4.69) is 39.0 Å². The highest BCUT2D eigenvalue weighted by atomic mass is 16.1. The number of amides is 1. The number of carbonyl (C=O) groups is 1. The lowest BCUT2D eigenvalue weighted by molar-refractivity contribution is -0.111. The molecule has 1 amide bonds. The number of allylic oxidation sites excluding steroid dienone is 1. The molecule has 0 atom stereocenters. The maximum Gasteiger partial charge on any atom is 0.248 e. The van der Waals surface area contributed by atoms with Gasteiger partial charge in [0.05, 0.1) is 5.69 Å². The highest BCUT2D eigenvalue weighted by molar-refractivity contribution is 5.99. The average Bonchev–Trinajstić information content (AvgIpc) is 3.19. The Hall–Kier alpha value is -4.19. The van der Waals surface area contributed by atoms with Crippen LogP contribution in [0.2, 0.25) is 0 Å². The summed E-state index contributed by atoms with van der Waals surface area (Å²) in [4.78, 5) is 16.8. The molecule has 3 N–H and O–H groups in total. The van der Waals surface area contributed by atoms with Crippen LogP contribution in [0, 0.1) is 6.92 Å². The molecule has 0 unspecified atom stereocenters. The molecule has 2 aromatic carbocycles. The number of carbonyl (C=O) groups excluding carboxylic acids is 1. The van der Waals surface area contributed by atoms with E-state index in [1.54, 1.807) is 6.08 Å². The van der Waals surface area contributed by atoms with Gasteiger partial charge in [0.1, 0.15) is 5.82 Å². The fourth-order valence-electron chi connectivity index (χ4n) is 3.44. The van der Waals surface area contributed by atoms with Crippen molar-refractivity contribution in [3.8, 4) is 11.3 Å². The first-order chi connectivity index (χ1) is 15.6. The number of anilines is 3. The molecule has 2 aromatic heterocycles. The lowest BCUT2D eigenvalue weighted by atomic mass is 10.0.